The molecule has 2 N–H and O–H groups in total. The number of H-pyrrole nitrogens is 1. The molecule has 1 aliphatic rings. The van der Waals surface area contributed by atoms with Crippen molar-refractivity contribution in [1.82, 2.24) is 14.9 Å². The van der Waals surface area contributed by atoms with Crippen LogP contribution in [-0.2, 0) is 6.54 Å². The molecule has 0 aliphatic carbocycles. The van der Waals surface area contributed by atoms with E-state index in [1.807, 2.05) is 0 Å². The number of hydrogen-bond acceptors (Lipinski definition) is 3. The van der Waals surface area contributed by atoms with Gasteiger partial charge in [-0.1, -0.05) is 11.6 Å². The summed E-state index contributed by atoms with van der Waals surface area (Å²) in [6.07, 6.45) is 0.986. The van der Waals surface area contributed by atoms with Crippen molar-refractivity contribution in [3.8, 4) is 0 Å². The molecule has 100 valence electrons. The molecule has 2 heterocycles. The highest BCUT2D eigenvalue weighted by Crippen LogP contribution is 2.14. The van der Waals surface area contributed by atoms with Gasteiger partial charge in [0.25, 0.3) is 5.56 Å². The number of rotatable bonds is 2. The van der Waals surface area contributed by atoms with Crippen LogP contribution in [0.4, 0.5) is 0 Å². The van der Waals surface area contributed by atoms with Crippen molar-refractivity contribution < 1.29 is 0 Å². The van der Waals surface area contributed by atoms with Crippen molar-refractivity contribution in [1.29, 1.82) is 0 Å². The van der Waals surface area contributed by atoms with Gasteiger partial charge in [0, 0.05) is 11.6 Å². The number of nitrogens with zero attached hydrogens (tertiary/aromatic N) is 1. The van der Waals surface area contributed by atoms with Crippen LogP contribution in [0.1, 0.15) is 6.42 Å². The van der Waals surface area contributed by atoms with Gasteiger partial charge in [0.15, 0.2) is 0 Å². The maximum Gasteiger partial charge on any atom is 0.328 e. The van der Waals surface area contributed by atoms with Crippen molar-refractivity contribution in [2.45, 2.75) is 13.0 Å². The van der Waals surface area contributed by atoms with E-state index in [-0.39, 0.29) is 11.2 Å². The third-order valence-electron chi connectivity index (χ3n) is 3.55. The first-order chi connectivity index (χ1) is 9.15. The molecule has 6 heteroatoms. The molecule has 0 bridgehead atoms. The monoisotopic (exact) mass is 279 g/mol. The summed E-state index contributed by atoms with van der Waals surface area (Å²) in [6, 6.07) is 4.91. The maximum atomic E-state index is 12.4. The molecule has 2 aromatic rings. The summed E-state index contributed by atoms with van der Waals surface area (Å²) in [5.41, 5.74) is -0.0972. The van der Waals surface area contributed by atoms with E-state index in [0.717, 1.165) is 19.5 Å². The van der Waals surface area contributed by atoms with Gasteiger partial charge in [0.2, 0.25) is 0 Å². The molecular weight excluding hydrogens is 266 g/mol. The van der Waals surface area contributed by atoms with E-state index in [4.69, 9.17) is 11.6 Å². The molecule has 5 nitrogen and oxygen atoms in total. The number of fused-ring (bicyclic) bond motifs is 1. The fraction of sp³-hybridized carbons (Fsp3) is 0.385. The van der Waals surface area contributed by atoms with Gasteiger partial charge in [0.1, 0.15) is 0 Å². The highest BCUT2D eigenvalue weighted by atomic mass is 35.5. The summed E-state index contributed by atoms with van der Waals surface area (Å²) in [5.74, 6) is 0.329. The zero-order valence-corrected chi connectivity index (χ0v) is 11.0. The fourth-order valence-electron chi connectivity index (χ4n) is 2.52. The fourth-order valence-corrected chi connectivity index (χ4v) is 2.69. The molecule has 0 spiro atoms. The lowest BCUT2D eigenvalue weighted by molar-refractivity contribution is 0.460. The predicted octanol–water partition coefficient (Wildman–Crippen LogP) is 0.953. The van der Waals surface area contributed by atoms with Gasteiger partial charge < -0.3 is 10.3 Å². The molecule has 0 amide bonds. The average molecular weight is 280 g/mol. The van der Waals surface area contributed by atoms with Crippen LogP contribution in [0.3, 0.4) is 0 Å². The minimum atomic E-state index is -0.355. The zero-order valence-electron chi connectivity index (χ0n) is 10.3. The van der Waals surface area contributed by atoms with Gasteiger partial charge in [-0.15, -0.1) is 0 Å². The minimum absolute atomic E-state index is 0.270. The highest BCUT2D eigenvalue weighted by Gasteiger charge is 2.17. The molecule has 1 unspecified atom stereocenters. The average Bonchev–Trinajstić information content (AvgIpc) is 2.89. The molecule has 1 atom stereocenters. The molecule has 19 heavy (non-hydrogen) atoms. The van der Waals surface area contributed by atoms with E-state index in [1.165, 1.54) is 4.57 Å². The van der Waals surface area contributed by atoms with Gasteiger partial charge in [0.05, 0.1) is 10.9 Å². The van der Waals surface area contributed by atoms with Crippen molar-refractivity contribution in [2.24, 2.45) is 5.92 Å². The van der Waals surface area contributed by atoms with Crippen LogP contribution in [0.5, 0.6) is 0 Å². The van der Waals surface area contributed by atoms with Crippen LogP contribution < -0.4 is 16.6 Å². The Hall–Kier alpha value is -1.59. The van der Waals surface area contributed by atoms with Crippen LogP contribution in [0, 0.1) is 5.92 Å². The lowest BCUT2D eigenvalue weighted by Gasteiger charge is -2.10. The molecule has 3 rings (SSSR count). The van der Waals surface area contributed by atoms with E-state index in [0.29, 0.717) is 28.4 Å². The standard InChI is InChI=1S/C13H14ClN3O2/c14-9-1-2-11-10(5-9)12(18)17(13(19)16-11)7-8-3-4-15-6-8/h1-2,5,8,15H,3-4,6-7H2,(H,16,19). The van der Waals surface area contributed by atoms with Crippen LogP contribution in [-0.4, -0.2) is 22.6 Å². The first-order valence-corrected chi connectivity index (χ1v) is 6.66. The maximum absolute atomic E-state index is 12.4. The van der Waals surface area contributed by atoms with Crippen LogP contribution in [0.15, 0.2) is 27.8 Å². The normalized spacial score (nSPS) is 19.1. The second-order valence-corrected chi connectivity index (χ2v) is 5.33. The van der Waals surface area contributed by atoms with Crippen LogP contribution in [0.25, 0.3) is 10.9 Å². The van der Waals surface area contributed by atoms with Crippen LogP contribution in [0.2, 0.25) is 5.02 Å². The first-order valence-electron chi connectivity index (χ1n) is 6.28. The number of aromatic amines is 1. The largest absolute Gasteiger partial charge is 0.328 e. The van der Waals surface area contributed by atoms with Crippen LogP contribution >= 0.6 is 11.6 Å². The molecule has 1 fully saturated rings. The summed E-state index contributed by atoms with van der Waals surface area (Å²) >= 11 is 5.90. The minimum Gasteiger partial charge on any atom is -0.316 e. The Balaban J connectivity index is 2.13. The number of nitrogens with one attached hydrogen (secondary N) is 2. The molecule has 1 aromatic heterocycles. The summed E-state index contributed by atoms with van der Waals surface area (Å²) < 4.78 is 1.27. The molecule has 1 aromatic carbocycles. The lowest BCUT2D eigenvalue weighted by Crippen LogP contribution is -2.37. The third-order valence-corrected chi connectivity index (χ3v) is 3.78. The Morgan fingerprint density at radius 2 is 2.21 bits per heavy atom. The Bertz CT molecular complexity index is 729. The Kier molecular flexibility index (Phi) is 3.16. The van der Waals surface area contributed by atoms with Gasteiger partial charge in [-0.25, -0.2) is 4.79 Å². The Morgan fingerprint density at radius 3 is 2.95 bits per heavy atom. The van der Waals surface area contributed by atoms with E-state index in [9.17, 15) is 9.59 Å². The summed E-state index contributed by atoms with van der Waals surface area (Å²) in [7, 11) is 0. The molecule has 0 radical (unpaired) electrons. The van der Waals surface area contributed by atoms with E-state index in [1.54, 1.807) is 18.2 Å². The topological polar surface area (TPSA) is 66.9 Å². The predicted molar refractivity (Wildman–Crippen MR) is 74.8 cm³/mol. The smallest absolute Gasteiger partial charge is 0.316 e. The summed E-state index contributed by atoms with van der Waals surface area (Å²) in [4.78, 5) is 27.1. The van der Waals surface area contributed by atoms with Gasteiger partial charge in [-0.05, 0) is 43.6 Å². The molecular formula is C13H14ClN3O2. The highest BCUT2D eigenvalue weighted by molar-refractivity contribution is 6.31. The van der Waals surface area contributed by atoms with Crippen molar-refractivity contribution in [3.63, 3.8) is 0 Å². The Labute approximate surface area is 114 Å². The number of benzene rings is 1. The number of hydrogen-bond donors (Lipinski definition) is 2. The second kappa shape index (κ2) is 4.83. The SMILES string of the molecule is O=c1[nH]c2ccc(Cl)cc2c(=O)n1CC1CCNC1. The number of halogens is 1. The molecule has 1 saturated heterocycles. The summed E-state index contributed by atoms with van der Waals surface area (Å²) in [6.45, 7) is 2.24. The van der Waals surface area contributed by atoms with E-state index >= 15 is 0 Å². The molecule has 1 aliphatic heterocycles. The zero-order chi connectivity index (χ0) is 13.4. The number of aromatic nitrogens is 2. The van der Waals surface area contributed by atoms with Crippen molar-refractivity contribution in [3.05, 3.63) is 44.1 Å². The first kappa shape index (κ1) is 12.4. The van der Waals surface area contributed by atoms with E-state index in [2.05, 4.69) is 10.3 Å². The Morgan fingerprint density at radius 1 is 1.37 bits per heavy atom. The van der Waals surface area contributed by atoms with Crippen molar-refractivity contribution in [2.75, 3.05) is 13.1 Å². The second-order valence-electron chi connectivity index (χ2n) is 4.89. The third kappa shape index (κ3) is 2.31. The van der Waals surface area contributed by atoms with Gasteiger partial charge in [-0.3, -0.25) is 9.36 Å². The van der Waals surface area contributed by atoms with Crippen molar-refractivity contribution >= 4 is 22.5 Å². The molecule has 0 saturated carbocycles. The van der Waals surface area contributed by atoms with Gasteiger partial charge >= 0.3 is 5.69 Å². The quantitative estimate of drug-likeness (QED) is 0.860. The van der Waals surface area contributed by atoms with E-state index < -0.39 is 0 Å². The van der Waals surface area contributed by atoms with Gasteiger partial charge in [-0.2, -0.15) is 0 Å². The lowest BCUT2D eigenvalue weighted by atomic mass is 10.1. The summed E-state index contributed by atoms with van der Waals surface area (Å²) in [5, 5.41) is 4.18.